The summed E-state index contributed by atoms with van der Waals surface area (Å²) in [5.41, 5.74) is 1.70. The fourth-order valence-corrected chi connectivity index (χ4v) is 3.57. The maximum atomic E-state index is 14.2. The number of benzene rings is 1. The molecule has 0 fully saturated rings. The minimum atomic E-state index is -0.453. The first-order valence-electron chi connectivity index (χ1n) is 7.63. The smallest absolute Gasteiger partial charge is 0.329 e. The third-order valence-electron chi connectivity index (χ3n) is 4.29. The second-order valence-electron chi connectivity index (χ2n) is 5.74. The van der Waals surface area contributed by atoms with E-state index in [1.165, 1.54) is 6.07 Å². The molecular formula is C16H15BrFN3O3. The summed E-state index contributed by atoms with van der Waals surface area (Å²) in [5, 5.41) is 0.637. The van der Waals surface area contributed by atoms with Crippen molar-refractivity contribution in [3.63, 3.8) is 0 Å². The van der Waals surface area contributed by atoms with E-state index in [1.807, 2.05) is 6.92 Å². The lowest BCUT2D eigenvalue weighted by Crippen LogP contribution is -2.33. The summed E-state index contributed by atoms with van der Waals surface area (Å²) in [7, 11) is 1.70. The van der Waals surface area contributed by atoms with Gasteiger partial charge in [0.05, 0.1) is 45.8 Å². The average molecular weight is 396 g/mol. The van der Waals surface area contributed by atoms with Crippen LogP contribution in [0.25, 0.3) is 21.9 Å². The molecule has 6 nitrogen and oxygen atoms in total. The predicted molar refractivity (Wildman–Crippen MR) is 91.0 cm³/mol. The van der Waals surface area contributed by atoms with E-state index < -0.39 is 11.9 Å². The van der Waals surface area contributed by atoms with Crippen molar-refractivity contribution >= 4 is 37.9 Å². The lowest BCUT2D eigenvalue weighted by Gasteiger charge is -2.18. The van der Waals surface area contributed by atoms with Gasteiger partial charge in [0.2, 0.25) is 0 Å². The first-order valence-corrected chi connectivity index (χ1v) is 8.42. The van der Waals surface area contributed by atoms with Gasteiger partial charge < -0.3 is 9.47 Å². The summed E-state index contributed by atoms with van der Waals surface area (Å²) < 4.78 is 29.2. The molecule has 0 spiro atoms. The minimum absolute atomic E-state index is 0.155. The van der Waals surface area contributed by atoms with Gasteiger partial charge in [0, 0.05) is 19.7 Å². The minimum Gasteiger partial charge on any atom is -0.484 e. The van der Waals surface area contributed by atoms with Gasteiger partial charge in [-0.05, 0) is 22.9 Å². The Morgan fingerprint density at radius 2 is 2.33 bits per heavy atom. The second kappa shape index (κ2) is 5.56. The van der Waals surface area contributed by atoms with Crippen LogP contribution in [-0.4, -0.2) is 33.4 Å². The second-order valence-corrected chi connectivity index (χ2v) is 6.53. The third-order valence-corrected chi connectivity index (χ3v) is 5.03. The van der Waals surface area contributed by atoms with Crippen molar-refractivity contribution in [2.75, 3.05) is 13.2 Å². The van der Waals surface area contributed by atoms with Crippen LogP contribution in [0, 0.1) is 5.82 Å². The van der Waals surface area contributed by atoms with Gasteiger partial charge in [0.25, 0.3) is 0 Å². The fourth-order valence-electron chi connectivity index (χ4n) is 3.16. The van der Waals surface area contributed by atoms with Crippen LogP contribution >= 0.6 is 15.9 Å². The third kappa shape index (κ3) is 2.09. The van der Waals surface area contributed by atoms with E-state index in [2.05, 4.69) is 20.9 Å². The fraction of sp³-hybridized carbons (Fsp3) is 0.375. The molecule has 24 heavy (non-hydrogen) atoms. The number of hydrogen-bond acceptors (Lipinski definition) is 4. The van der Waals surface area contributed by atoms with Gasteiger partial charge in [-0.3, -0.25) is 14.1 Å². The number of halogens is 2. The lowest BCUT2D eigenvalue weighted by atomic mass is 10.1. The predicted octanol–water partition coefficient (Wildman–Crippen LogP) is 2.59. The Hall–Kier alpha value is -1.93. The molecule has 0 bridgehead atoms. The van der Waals surface area contributed by atoms with E-state index in [0.717, 1.165) is 0 Å². The maximum Gasteiger partial charge on any atom is 0.329 e. The molecule has 8 heteroatoms. The van der Waals surface area contributed by atoms with Crippen molar-refractivity contribution in [3.8, 4) is 5.75 Å². The van der Waals surface area contributed by atoms with E-state index in [1.54, 1.807) is 22.4 Å². The largest absolute Gasteiger partial charge is 0.484 e. The molecule has 4 rings (SSSR count). The first kappa shape index (κ1) is 15.6. The van der Waals surface area contributed by atoms with Crippen LogP contribution in [0.3, 0.4) is 0 Å². The van der Waals surface area contributed by atoms with Gasteiger partial charge in [-0.2, -0.15) is 0 Å². The quantitative estimate of drug-likeness (QED) is 0.683. The molecule has 1 atom stereocenters. The summed E-state index contributed by atoms with van der Waals surface area (Å²) in [4.78, 5) is 16.9. The number of aromatic nitrogens is 3. The Morgan fingerprint density at radius 1 is 1.54 bits per heavy atom. The highest BCUT2D eigenvalue weighted by atomic mass is 79.9. The topological polar surface area (TPSA) is 58.3 Å². The highest BCUT2D eigenvalue weighted by Gasteiger charge is 2.28. The summed E-state index contributed by atoms with van der Waals surface area (Å²) in [6, 6.07) is 1.34. The Morgan fingerprint density at radius 3 is 3.08 bits per heavy atom. The van der Waals surface area contributed by atoms with Gasteiger partial charge in [-0.15, -0.1) is 0 Å². The van der Waals surface area contributed by atoms with Gasteiger partial charge in [-0.25, -0.2) is 9.18 Å². The number of rotatable bonds is 3. The Bertz CT molecular complexity index is 1030. The number of hydrogen-bond donors (Lipinski definition) is 0. The highest BCUT2D eigenvalue weighted by molar-refractivity contribution is 9.10. The van der Waals surface area contributed by atoms with Crippen molar-refractivity contribution in [2.45, 2.75) is 19.6 Å². The van der Waals surface area contributed by atoms with Crippen LogP contribution < -0.4 is 10.4 Å². The number of ether oxygens (including phenoxy) is 2. The van der Waals surface area contributed by atoms with E-state index in [-0.39, 0.29) is 10.2 Å². The molecular weight excluding hydrogens is 381 g/mol. The molecule has 2 aromatic heterocycles. The van der Waals surface area contributed by atoms with Crippen molar-refractivity contribution in [1.29, 1.82) is 0 Å². The van der Waals surface area contributed by atoms with Crippen LogP contribution in [0.4, 0.5) is 4.39 Å². The zero-order chi connectivity index (χ0) is 17.0. The molecule has 0 aliphatic carbocycles. The zero-order valence-corrected chi connectivity index (χ0v) is 14.8. The van der Waals surface area contributed by atoms with Crippen molar-refractivity contribution in [2.24, 2.45) is 7.05 Å². The van der Waals surface area contributed by atoms with E-state index in [0.29, 0.717) is 47.4 Å². The van der Waals surface area contributed by atoms with Crippen LogP contribution in [0.1, 0.15) is 6.92 Å². The molecule has 126 valence electrons. The molecule has 1 aliphatic heterocycles. The number of aryl methyl sites for hydroxylation is 1. The van der Waals surface area contributed by atoms with Crippen molar-refractivity contribution in [1.82, 2.24) is 14.1 Å². The van der Waals surface area contributed by atoms with Crippen molar-refractivity contribution in [3.05, 3.63) is 33.0 Å². The van der Waals surface area contributed by atoms with Gasteiger partial charge >= 0.3 is 5.69 Å². The SMILES string of the molecule is CCOCC1Cn2c(=O)n(C)c3cnc4cc(F)c(Br)c(c4c32)O1. The van der Waals surface area contributed by atoms with Crippen LogP contribution in [0.15, 0.2) is 21.5 Å². The first-order chi connectivity index (χ1) is 11.5. The van der Waals surface area contributed by atoms with Crippen LogP contribution in [0.2, 0.25) is 0 Å². The van der Waals surface area contributed by atoms with Crippen LogP contribution in [0.5, 0.6) is 5.75 Å². The van der Waals surface area contributed by atoms with Crippen molar-refractivity contribution < 1.29 is 13.9 Å². The molecule has 1 unspecified atom stereocenters. The molecule has 0 radical (unpaired) electrons. The maximum absolute atomic E-state index is 14.2. The summed E-state index contributed by atoms with van der Waals surface area (Å²) in [5.74, 6) is -0.0871. The number of imidazole rings is 1. The van der Waals surface area contributed by atoms with Gasteiger partial charge in [-0.1, -0.05) is 0 Å². The molecule has 3 heterocycles. The summed E-state index contributed by atoms with van der Waals surface area (Å²) in [6.45, 7) is 3.06. The zero-order valence-electron chi connectivity index (χ0n) is 13.2. The molecule has 1 aromatic carbocycles. The molecule has 0 saturated heterocycles. The highest BCUT2D eigenvalue weighted by Crippen LogP contribution is 2.41. The van der Waals surface area contributed by atoms with Gasteiger partial charge in [0.15, 0.2) is 0 Å². The monoisotopic (exact) mass is 395 g/mol. The average Bonchev–Trinajstić information content (AvgIpc) is 2.73. The summed E-state index contributed by atoms with van der Waals surface area (Å²) in [6.07, 6.45) is 1.19. The molecule has 1 aliphatic rings. The Kier molecular flexibility index (Phi) is 3.61. The number of pyridine rings is 1. The molecule has 3 aromatic rings. The summed E-state index contributed by atoms with van der Waals surface area (Å²) >= 11 is 3.27. The van der Waals surface area contributed by atoms with E-state index in [9.17, 15) is 9.18 Å². The van der Waals surface area contributed by atoms with E-state index in [4.69, 9.17) is 9.47 Å². The Balaban J connectivity index is 2.11. The molecule has 0 N–H and O–H groups in total. The van der Waals surface area contributed by atoms with Crippen LogP contribution in [-0.2, 0) is 18.3 Å². The standard InChI is InChI=1S/C16H15BrFN3O3/c1-3-23-7-8-6-21-14-11(20(2)16(21)22)5-19-10-4-9(18)13(17)15(24-8)12(10)14/h4-5,8H,3,6-7H2,1-2H3. The Labute approximate surface area is 144 Å². The molecule has 0 amide bonds. The normalized spacial score (nSPS) is 16.8. The van der Waals surface area contributed by atoms with E-state index >= 15 is 0 Å². The number of nitrogens with zero attached hydrogens (tertiary/aromatic N) is 3. The lowest BCUT2D eigenvalue weighted by molar-refractivity contribution is 0.0491. The van der Waals surface area contributed by atoms with Gasteiger partial charge in [0.1, 0.15) is 17.7 Å². The molecule has 0 saturated carbocycles.